The third-order valence-corrected chi connectivity index (χ3v) is 5.27. The number of rotatable bonds is 3. The van der Waals surface area contributed by atoms with Gasteiger partial charge < -0.3 is 11.5 Å². The van der Waals surface area contributed by atoms with Crippen LogP contribution < -0.4 is 11.5 Å². The van der Waals surface area contributed by atoms with E-state index in [0.717, 1.165) is 44.1 Å². The van der Waals surface area contributed by atoms with E-state index in [1.165, 1.54) is 0 Å². The van der Waals surface area contributed by atoms with Crippen molar-refractivity contribution in [3.05, 3.63) is 72.4 Å². The number of aromatic nitrogens is 1. The summed E-state index contributed by atoms with van der Waals surface area (Å²) in [4.78, 5) is 4.57. The van der Waals surface area contributed by atoms with Crippen LogP contribution in [0.1, 0.15) is 11.6 Å². The van der Waals surface area contributed by atoms with Gasteiger partial charge in [0.25, 0.3) is 0 Å². The lowest BCUT2D eigenvalue weighted by Gasteiger charge is -2.20. The summed E-state index contributed by atoms with van der Waals surface area (Å²) in [7, 11) is 0. The van der Waals surface area contributed by atoms with Crippen LogP contribution in [0, 0.1) is 0 Å². The molecule has 1 aromatic heterocycles. The Labute approximate surface area is 154 Å². The van der Waals surface area contributed by atoms with Crippen molar-refractivity contribution in [3.63, 3.8) is 0 Å². The summed E-state index contributed by atoms with van der Waals surface area (Å²) < 4.78 is 0. The van der Waals surface area contributed by atoms with E-state index in [0.29, 0.717) is 5.33 Å². The van der Waals surface area contributed by atoms with Crippen molar-refractivity contribution in [2.24, 2.45) is 5.73 Å². The molecule has 0 radical (unpaired) electrons. The molecule has 0 saturated carbocycles. The number of pyridine rings is 1. The third kappa shape index (κ3) is 2.68. The summed E-state index contributed by atoms with van der Waals surface area (Å²) in [6.45, 7) is 0. The van der Waals surface area contributed by atoms with Gasteiger partial charge in [0.1, 0.15) is 0 Å². The van der Waals surface area contributed by atoms with E-state index in [2.05, 4.69) is 39.1 Å². The first kappa shape index (κ1) is 16.1. The average molecular weight is 392 g/mol. The lowest BCUT2D eigenvalue weighted by Crippen LogP contribution is -2.14. The lowest BCUT2D eigenvalue weighted by atomic mass is 9.88. The minimum atomic E-state index is -0.149. The molecule has 124 valence electrons. The van der Waals surface area contributed by atoms with Gasteiger partial charge in [0, 0.05) is 39.4 Å². The predicted octanol–water partition coefficient (Wildman–Crippen LogP) is 5.03. The number of nitrogens with zero attached hydrogens (tertiary/aromatic N) is 1. The standard InChI is InChI=1S/C21H18BrN3/c22-11-18(24)21-15(13-6-2-1-3-7-13)10-17(23)16-12-25-19-9-5-4-8-14(19)20(16)21/h1-10,12,18H,11,23-24H2. The van der Waals surface area contributed by atoms with Gasteiger partial charge in [0.15, 0.2) is 0 Å². The highest BCUT2D eigenvalue weighted by Gasteiger charge is 2.19. The number of nitrogen functional groups attached to an aromatic ring is 1. The summed E-state index contributed by atoms with van der Waals surface area (Å²) in [6, 6.07) is 20.3. The molecule has 0 fully saturated rings. The molecule has 0 spiro atoms. The van der Waals surface area contributed by atoms with E-state index in [1.807, 2.05) is 48.7 Å². The molecule has 3 aromatic carbocycles. The van der Waals surface area contributed by atoms with Crippen molar-refractivity contribution in [3.8, 4) is 11.1 Å². The zero-order valence-electron chi connectivity index (χ0n) is 13.6. The van der Waals surface area contributed by atoms with Crippen molar-refractivity contribution in [2.75, 3.05) is 11.1 Å². The highest BCUT2D eigenvalue weighted by atomic mass is 79.9. The molecule has 0 amide bonds. The molecule has 1 unspecified atom stereocenters. The second kappa shape index (κ2) is 6.47. The van der Waals surface area contributed by atoms with Crippen molar-refractivity contribution < 1.29 is 0 Å². The summed E-state index contributed by atoms with van der Waals surface area (Å²) in [5.41, 5.74) is 17.9. The van der Waals surface area contributed by atoms with Crippen LogP contribution in [-0.4, -0.2) is 10.3 Å². The number of hydrogen-bond acceptors (Lipinski definition) is 3. The van der Waals surface area contributed by atoms with Gasteiger partial charge in [-0.15, -0.1) is 0 Å². The van der Waals surface area contributed by atoms with E-state index in [4.69, 9.17) is 11.5 Å². The normalized spacial score (nSPS) is 12.6. The van der Waals surface area contributed by atoms with Gasteiger partial charge in [-0.2, -0.15) is 0 Å². The lowest BCUT2D eigenvalue weighted by molar-refractivity contribution is 0.849. The molecule has 1 atom stereocenters. The Morgan fingerprint density at radius 1 is 0.960 bits per heavy atom. The highest BCUT2D eigenvalue weighted by molar-refractivity contribution is 9.09. The monoisotopic (exact) mass is 391 g/mol. The smallest absolute Gasteiger partial charge is 0.0708 e. The van der Waals surface area contributed by atoms with Gasteiger partial charge in [-0.05, 0) is 28.8 Å². The van der Waals surface area contributed by atoms with Crippen LogP contribution in [-0.2, 0) is 0 Å². The fourth-order valence-corrected chi connectivity index (χ4v) is 3.74. The topological polar surface area (TPSA) is 64.9 Å². The maximum Gasteiger partial charge on any atom is 0.0708 e. The number of para-hydroxylation sites is 1. The van der Waals surface area contributed by atoms with E-state index in [1.54, 1.807) is 0 Å². The number of hydrogen-bond donors (Lipinski definition) is 2. The van der Waals surface area contributed by atoms with E-state index in [-0.39, 0.29) is 6.04 Å². The van der Waals surface area contributed by atoms with Crippen LogP contribution in [0.25, 0.3) is 32.8 Å². The molecule has 3 nitrogen and oxygen atoms in total. The molecule has 0 aliphatic carbocycles. The van der Waals surface area contributed by atoms with Gasteiger partial charge in [0.2, 0.25) is 0 Å². The zero-order chi connectivity index (χ0) is 17.4. The van der Waals surface area contributed by atoms with E-state index in [9.17, 15) is 0 Å². The minimum Gasteiger partial charge on any atom is -0.398 e. The number of halogens is 1. The molecule has 25 heavy (non-hydrogen) atoms. The first-order valence-electron chi connectivity index (χ1n) is 8.17. The molecule has 4 aromatic rings. The van der Waals surface area contributed by atoms with Crippen LogP contribution in [0.4, 0.5) is 5.69 Å². The van der Waals surface area contributed by atoms with Gasteiger partial charge in [-0.1, -0.05) is 64.5 Å². The Morgan fingerprint density at radius 3 is 2.44 bits per heavy atom. The summed E-state index contributed by atoms with van der Waals surface area (Å²) >= 11 is 3.55. The minimum absolute atomic E-state index is 0.149. The first-order valence-corrected chi connectivity index (χ1v) is 9.29. The van der Waals surface area contributed by atoms with Crippen molar-refractivity contribution >= 4 is 43.3 Å². The van der Waals surface area contributed by atoms with Crippen LogP contribution in [0.2, 0.25) is 0 Å². The highest BCUT2D eigenvalue weighted by Crippen LogP contribution is 2.40. The second-order valence-corrected chi connectivity index (χ2v) is 6.77. The molecule has 0 aliphatic rings. The van der Waals surface area contributed by atoms with Crippen molar-refractivity contribution in [1.82, 2.24) is 4.98 Å². The number of alkyl halides is 1. The third-order valence-electron chi connectivity index (χ3n) is 4.57. The van der Waals surface area contributed by atoms with Gasteiger partial charge in [-0.3, -0.25) is 4.98 Å². The summed E-state index contributed by atoms with van der Waals surface area (Å²) in [6.07, 6.45) is 1.85. The molecule has 4 rings (SSSR count). The maximum absolute atomic E-state index is 6.53. The van der Waals surface area contributed by atoms with Gasteiger partial charge in [0.05, 0.1) is 5.52 Å². The molecule has 4 N–H and O–H groups in total. The first-order chi connectivity index (χ1) is 12.2. The fraction of sp³-hybridized carbons (Fsp3) is 0.0952. The van der Waals surface area contributed by atoms with E-state index < -0.39 is 0 Å². The molecular formula is C21H18BrN3. The van der Waals surface area contributed by atoms with Gasteiger partial charge >= 0.3 is 0 Å². The second-order valence-electron chi connectivity index (χ2n) is 6.12. The average Bonchev–Trinajstić information content (AvgIpc) is 2.67. The molecule has 0 saturated heterocycles. The Kier molecular flexibility index (Phi) is 4.15. The Balaban J connectivity index is 2.21. The number of benzene rings is 3. The molecule has 1 heterocycles. The number of nitrogens with two attached hydrogens (primary N) is 2. The largest absolute Gasteiger partial charge is 0.398 e. The van der Waals surface area contributed by atoms with Crippen LogP contribution in [0.5, 0.6) is 0 Å². The molecular weight excluding hydrogens is 374 g/mol. The molecule has 4 heteroatoms. The van der Waals surface area contributed by atoms with Crippen LogP contribution in [0.15, 0.2) is 66.9 Å². The van der Waals surface area contributed by atoms with Crippen LogP contribution in [0.3, 0.4) is 0 Å². The zero-order valence-corrected chi connectivity index (χ0v) is 15.2. The maximum atomic E-state index is 6.53. The Morgan fingerprint density at radius 2 is 1.68 bits per heavy atom. The summed E-state index contributed by atoms with van der Waals surface area (Å²) in [5.74, 6) is 0. The fourth-order valence-electron chi connectivity index (χ4n) is 3.41. The van der Waals surface area contributed by atoms with Crippen LogP contribution >= 0.6 is 15.9 Å². The molecule has 0 bridgehead atoms. The van der Waals surface area contributed by atoms with Crippen molar-refractivity contribution in [1.29, 1.82) is 0 Å². The van der Waals surface area contributed by atoms with Crippen molar-refractivity contribution in [2.45, 2.75) is 6.04 Å². The Hall–Kier alpha value is -2.43. The number of anilines is 1. The molecule has 0 aliphatic heterocycles. The predicted molar refractivity (Wildman–Crippen MR) is 110 cm³/mol. The SMILES string of the molecule is Nc1cc(-c2ccccc2)c(C(N)CBr)c2c1cnc1ccccc12. The number of fused-ring (bicyclic) bond motifs is 3. The van der Waals surface area contributed by atoms with E-state index >= 15 is 0 Å². The summed E-state index contributed by atoms with van der Waals surface area (Å²) in [5, 5.41) is 3.79. The van der Waals surface area contributed by atoms with Gasteiger partial charge in [-0.25, -0.2) is 0 Å². The Bertz CT molecular complexity index is 1060. The quantitative estimate of drug-likeness (QED) is 0.292.